The molecule has 1 heterocycles. The van der Waals surface area contributed by atoms with E-state index in [4.69, 9.17) is 4.42 Å². The highest BCUT2D eigenvalue weighted by Gasteiger charge is 2.28. The van der Waals surface area contributed by atoms with Crippen LogP contribution in [-0.4, -0.2) is 17.5 Å². The lowest BCUT2D eigenvalue weighted by Gasteiger charge is -2.13. The van der Waals surface area contributed by atoms with E-state index in [9.17, 15) is 14.0 Å². The van der Waals surface area contributed by atoms with E-state index in [1.165, 1.54) is 24.3 Å². The third-order valence-corrected chi connectivity index (χ3v) is 5.02. The van der Waals surface area contributed by atoms with Crippen LogP contribution in [0.3, 0.4) is 0 Å². The van der Waals surface area contributed by atoms with E-state index in [2.05, 4.69) is 21.4 Å². The average Bonchev–Trinajstić information content (AvgIpc) is 3.14. The average molecular weight is 420 g/mol. The summed E-state index contributed by atoms with van der Waals surface area (Å²) in [6.45, 7) is 1.79. The van der Waals surface area contributed by atoms with Crippen molar-refractivity contribution < 1.29 is 18.4 Å². The molecule has 1 aliphatic carbocycles. The third kappa shape index (κ3) is 4.48. The molecule has 3 aromatic rings. The van der Waals surface area contributed by atoms with Gasteiger partial charge in [0.25, 0.3) is 5.91 Å². The second-order valence-corrected chi connectivity index (χ2v) is 7.16. The van der Waals surface area contributed by atoms with Crippen LogP contribution in [0.4, 0.5) is 10.1 Å². The summed E-state index contributed by atoms with van der Waals surface area (Å²) < 4.78 is 18.9. The zero-order chi connectivity index (χ0) is 21.8. The maximum absolute atomic E-state index is 13.0. The summed E-state index contributed by atoms with van der Waals surface area (Å²) in [5.74, 6) is -0.381. The fourth-order valence-electron chi connectivity index (χ4n) is 3.49. The number of benzene rings is 2. The fraction of sp³-hybridized carbons (Fsp3) is 0.174. The number of hydrazone groups is 1. The van der Waals surface area contributed by atoms with Gasteiger partial charge in [0, 0.05) is 23.1 Å². The molecule has 0 saturated carbocycles. The lowest BCUT2D eigenvalue weighted by atomic mass is 9.93. The highest BCUT2D eigenvalue weighted by atomic mass is 19.1. The minimum Gasteiger partial charge on any atom is -0.455 e. The van der Waals surface area contributed by atoms with Gasteiger partial charge in [0.2, 0.25) is 0 Å². The molecule has 0 fully saturated rings. The van der Waals surface area contributed by atoms with Crippen molar-refractivity contribution in [3.8, 4) is 0 Å². The number of halogens is 1. The Morgan fingerprint density at radius 3 is 2.48 bits per heavy atom. The summed E-state index contributed by atoms with van der Waals surface area (Å²) in [5.41, 5.74) is 11.1. The molecule has 1 aromatic heterocycles. The highest BCUT2D eigenvalue weighted by molar-refractivity contribution is 6.07. The number of para-hydroxylation sites is 1. The first-order chi connectivity index (χ1) is 15.0. The number of amides is 2. The van der Waals surface area contributed by atoms with Crippen LogP contribution in [0.15, 0.2) is 64.1 Å². The van der Waals surface area contributed by atoms with Crippen molar-refractivity contribution in [2.24, 2.45) is 5.10 Å². The second-order valence-electron chi connectivity index (χ2n) is 7.16. The lowest BCUT2D eigenvalue weighted by Crippen LogP contribution is -2.29. The number of hydrogen-bond donors (Lipinski definition) is 3. The van der Waals surface area contributed by atoms with E-state index in [1.54, 1.807) is 6.92 Å². The second kappa shape index (κ2) is 8.83. The van der Waals surface area contributed by atoms with Crippen molar-refractivity contribution in [2.45, 2.75) is 26.2 Å². The van der Waals surface area contributed by atoms with Gasteiger partial charge in [-0.1, -0.05) is 18.2 Å². The monoisotopic (exact) mass is 420 g/mol. The Morgan fingerprint density at radius 1 is 1.00 bits per heavy atom. The van der Waals surface area contributed by atoms with Crippen molar-refractivity contribution in [3.63, 3.8) is 0 Å². The first kappa shape index (κ1) is 20.3. The smallest absolute Gasteiger partial charge is 0.305 e. The number of nitrogens with one attached hydrogen (secondary N) is 3. The van der Waals surface area contributed by atoms with Gasteiger partial charge in [-0.05, 0) is 56.2 Å². The summed E-state index contributed by atoms with van der Waals surface area (Å²) in [4.78, 5) is 24.9. The number of carbonyl (C=O) groups excluding carboxylic acids is 2. The molecule has 0 aliphatic heterocycles. The van der Waals surface area contributed by atoms with Gasteiger partial charge in [-0.3, -0.25) is 20.4 Å². The Morgan fingerprint density at radius 2 is 1.74 bits per heavy atom. The molecule has 7 nitrogen and oxygen atoms in total. The van der Waals surface area contributed by atoms with Gasteiger partial charge < -0.3 is 4.42 Å². The molecule has 0 bridgehead atoms. The maximum atomic E-state index is 13.0. The van der Waals surface area contributed by atoms with Gasteiger partial charge in [-0.15, -0.1) is 0 Å². The molecular formula is C23H21FN4O3. The molecule has 31 heavy (non-hydrogen) atoms. The summed E-state index contributed by atoms with van der Waals surface area (Å²) in [7, 11) is 0. The zero-order valence-electron chi connectivity index (χ0n) is 16.9. The Kier molecular flexibility index (Phi) is 5.79. The quantitative estimate of drug-likeness (QED) is 0.545. The third-order valence-electron chi connectivity index (χ3n) is 5.02. The minimum atomic E-state index is -0.439. The molecule has 0 saturated heterocycles. The van der Waals surface area contributed by atoms with E-state index in [1.807, 2.05) is 30.3 Å². The standard InChI is InChI=1S/C23H21FN4O3/c1-14-20-18(26-27-22(29)15-10-12-16(24)13-11-15)8-5-9-19(20)31-21(14)23(30)28-25-17-6-3-2-4-7-17/h2-4,6-7,10-13,25H,5,8-9H2,1H3,(H,27,29)(H,28,30)/b26-18+. The van der Waals surface area contributed by atoms with Crippen LogP contribution in [0.5, 0.6) is 0 Å². The number of nitrogens with zero attached hydrogens (tertiary/aromatic N) is 1. The Bertz CT molecular complexity index is 1140. The number of aryl methyl sites for hydroxylation is 1. The molecule has 0 unspecified atom stereocenters. The first-order valence-electron chi connectivity index (χ1n) is 9.89. The van der Waals surface area contributed by atoms with Crippen LogP contribution in [-0.2, 0) is 6.42 Å². The van der Waals surface area contributed by atoms with Gasteiger partial charge in [-0.2, -0.15) is 5.10 Å². The number of rotatable bonds is 5. The molecule has 0 spiro atoms. The molecule has 8 heteroatoms. The van der Waals surface area contributed by atoms with E-state index >= 15 is 0 Å². The van der Waals surface area contributed by atoms with E-state index in [0.717, 1.165) is 17.7 Å². The predicted molar refractivity (Wildman–Crippen MR) is 114 cm³/mol. The number of anilines is 1. The van der Waals surface area contributed by atoms with Gasteiger partial charge in [-0.25, -0.2) is 9.82 Å². The molecule has 3 N–H and O–H groups in total. The van der Waals surface area contributed by atoms with Crippen LogP contribution in [0.25, 0.3) is 0 Å². The fourth-order valence-corrected chi connectivity index (χ4v) is 3.49. The van der Waals surface area contributed by atoms with Crippen LogP contribution in [0.2, 0.25) is 0 Å². The van der Waals surface area contributed by atoms with Gasteiger partial charge >= 0.3 is 5.91 Å². The van der Waals surface area contributed by atoms with E-state index < -0.39 is 17.6 Å². The van der Waals surface area contributed by atoms with Crippen molar-refractivity contribution in [1.82, 2.24) is 10.9 Å². The summed E-state index contributed by atoms with van der Waals surface area (Å²) in [5, 5.41) is 4.27. The molecule has 2 amide bonds. The molecule has 158 valence electrons. The number of hydrazine groups is 1. The minimum absolute atomic E-state index is 0.202. The molecule has 2 aromatic carbocycles. The van der Waals surface area contributed by atoms with Gasteiger partial charge in [0.15, 0.2) is 5.76 Å². The zero-order valence-corrected chi connectivity index (χ0v) is 16.9. The van der Waals surface area contributed by atoms with Crippen molar-refractivity contribution in [3.05, 3.63) is 88.6 Å². The van der Waals surface area contributed by atoms with Gasteiger partial charge in [0.1, 0.15) is 11.6 Å². The van der Waals surface area contributed by atoms with Crippen molar-refractivity contribution >= 4 is 23.2 Å². The Labute approximate surface area is 178 Å². The Balaban J connectivity index is 1.51. The molecule has 0 radical (unpaired) electrons. The van der Waals surface area contributed by atoms with Crippen LogP contribution < -0.4 is 16.3 Å². The van der Waals surface area contributed by atoms with Gasteiger partial charge in [0.05, 0.1) is 11.4 Å². The molecular weight excluding hydrogens is 399 g/mol. The SMILES string of the molecule is Cc1c(C(=O)NNc2ccccc2)oc2c1/C(=N/NC(=O)c1ccc(F)cc1)CCC2. The molecule has 1 aliphatic rings. The topological polar surface area (TPSA) is 95.7 Å². The van der Waals surface area contributed by atoms with Crippen molar-refractivity contribution in [2.75, 3.05) is 5.43 Å². The van der Waals surface area contributed by atoms with E-state index in [-0.39, 0.29) is 5.76 Å². The Hall–Kier alpha value is -3.94. The predicted octanol–water partition coefficient (Wildman–Crippen LogP) is 3.95. The first-order valence-corrected chi connectivity index (χ1v) is 9.89. The summed E-state index contributed by atoms with van der Waals surface area (Å²) in [6, 6.07) is 14.5. The number of carbonyl (C=O) groups is 2. The number of hydrogen-bond acceptors (Lipinski definition) is 5. The molecule has 0 atom stereocenters. The van der Waals surface area contributed by atoms with Crippen LogP contribution >= 0.6 is 0 Å². The normalized spacial score (nSPS) is 14.1. The number of fused-ring (bicyclic) bond motifs is 1. The van der Waals surface area contributed by atoms with E-state index in [0.29, 0.717) is 35.4 Å². The highest BCUT2D eigenvalue weighted by Crippen LogP contribution is 2.29. The largest absolute Gasteiger partial charge is 0.455 e. The van der Waals surface area contributed by atoms with Crippen LogP contribution in [0.1, 0.15) is 50.6 Å². The molecule has 4 rings (SSSR count). The lowest BCUT2D eigenvalue weighted by molar-refractivity contribution is 0.0930. The summed E-state index contributed by atoms with van der Waals surface area (Å²) >= 11 is 0. The number of furan rings is 1. The summed E-state index contributed by atoms with van der Waals surface area (Å²) in [6.07, 6.45) is 2.11. The maximum Gasteiger partial charge on any atom is 0.305 e. The van der Waals surface area contributed by atoms with Crippen LogP contribution in [0, 0.1) is 12.7 Å². The van der Waals surface area contributed by atoms with Crippen molar-refractivity contribution in [1.29, 1.82) is 0 Å².